The highest BCUT2D eigenvalue weighted by Crippen LogP contribution is 2.19. The monoisotopic (exact) mass is 385 g/mol. The third-order valence-electron chi connectivity index (χ3n) is 2.97. The van der Waals surface area contributed by atoms with Crippen molar-refractivity contribution in [1.29, 1.82) is 0 Å². The Morgan fingerprint density at radius 1 is 1.10 bits per heavy atom. The van der Waals surface area contributed by atoms with Crippen LogP contribution in [0.3, 0.4) is 0 Å². The van der Waals surface area contributed by atoms with Crippen molar-refractivity contribution in [2.75, 3.05) is 5.33 Å². The maximum absolute atomic E-state index is 12.3. The van der Waals surface area contributed by atoms with Crippen molar-refractivity contribution in [1.82, 2.24) is 5.32 Å². The van der Waals surface area contributed by atoms with Crippen LogP contribution in [0.4, 0.5) is 0 Å². The molecule has 1 N–H and O–H groups in total. The largest absolute Gasteiger partial charge is 0.348 e. The molecule has 0 aliphatic heterocycles. The quantitative estimate of drug-likeness (QED) is 0.739. The second-order valence-corrected chi connectivity index (χ2v) is 6.19. The summed E-state index contributed by atoms with van der Waals surface area (Å²) in [6, 6.07) is 14.8. The lowest BCUT2D eigenvalue weighted by molar-refractivity contribution is 0.0941. The lowest BCUT2D eigenvalue weighted by atomic mass is 10.1. The molecule has 5 heteroatoms. The molecule has 110 valence electrons. The average molecular weight is 387 g/mol. The molecule has 0 radical (unpaired) electrons. The predicted octanol–water partition coefficient (Wildman–Crippen LogP) is 4.73. The first-order valence-electron chi connectivity index (χ1n) is 6.45. The van der Waals surface area contributed by atoms with Gasteiger partial charge in [0.05, 0.1) is 0 Å². The van der Waals surface area contributed by atoms with Gasteiger partial charge in [0.15, 0.2) is 0 Å². The maximum atomic E-state index is 12.3. The summed E-state index contributed by atoms with van der Waals surface area (Å²) in [5, 5.41) is 4.55. The van der Waals surface area contributed by atoms with Gasteiger partial charge in [0.2, 0.25) is 0 Å². The molecule has 0 fully saturated rings. The second-order valence-electron chi connectivity index (χ2n) is 4.67. The SMILES string of the molecule is O=C(NC(CBr)Cc1ccccc1)c1cc(Cl)cc(Cl)c1. The first-order chi connectivity index (χ1) is 10.1. The van der Waals surface area contributed by atoms with Gasteiger partial charge in [-0.15, -0.1) is 0 Å². The lowest BCUT2D eigenvalue weighted by Crippen LogP contribution is -2.37. The topological polar surface area (TPSA) is 29.1 Å². The Bertz CT molecular complexity index is 599. The van der Waals surface area contributed by atoms with E-state index >= 15 is 0 Å². The van der Waals surface area contributed by atoms with Crippen molar-refractivity contribution in [2.24, 2.45) is 0 Å². The molecule has 0 aliphatic carbocycles. The van der Waals surface area contributed by atoms with E-state index in [1.807, 2.05) is 30.3 Å². The summed E-state index contributed by atoms with van der Waals surface area (Å²) in [5.41, 5.74) is 1.64. The van der Waals surface area contributed by atoms with E-state index in [0.29, 0.717) is 20.9 Å². The number of alkyl halides is 1. The van der Waals surface area contributed by atoms with Crippen LogP contribution < -0.4 is 5.32 Å². The summed E-state index contributed by atoms with van der Waals surface area (Å²) in [7, 11) is 0. The van der Waals surface area contributed by atoms with Gasteiger partial charge in [-0.2, -0.15) is 0 Å². The van der Waals surface area contributed by atoms with E-state index in [-0.39, 0.29) is 11.9 Å². The van der Waals surface area contributed by atoms with Crippen molar-refractivity contribution in [3.63, 3.8) is 0 Å². The first-order valence-corrected chi connectivity index (χ1v) is 8.33. The van der Waals surface area contributed by atoms with E-state index in [2.05, 4.69) is 21.2 Å². The predicted molar refractivity (Wildman–Crippen MR) is 91.7 cm³/mol. The molecule has 2 rings (SSSR count). The molecular formula is C16H14BrCl2NO. The molecule has 0 spiro atoms. The van der Waals surface area contributed by atoms with Gasteiger partial charge in [-0.25, -0.2) is 0 Å². The number of rotatable bonds is 5. The minimum Gasteiger partial charge on any atom is -0.348 e. The van der Waals surface area contributed by atoms with Gasteiger partial charge in [-0.3, -0.25) is 4.79 Å². The molecule has 0 heterocycles. The molecule has 2 nitrogen and oxygen atoms in total. The minimum atomic E-state index is -0.181. The van der Waals surface area contributed by atoms with Crippen LogP contribution in [0.15, 0.2) is 48.5 Å². The van der Waals surface area contributed by atoms with E-state index in [1.54, 1.807) is 18.2 Å². The van der Waals surface area contributed by atoms with Crippen LogP contribution in [0.1, 0.15) is 15.9 Å². The Morgan fingerprint density at radius 3 is 2.29 bits per heavy atom. The highest BCUT2D eigenvalue weighted by Gasteiger charge is 2.14. The van der Waals surface area contributed by atoms with E-state index in [1.165, 1.54) is 5.56 Å². The summed E-state index contributed by atoms with van der Waals surface area (Å²) in [4.78, 5) is 12.3. The van der Waals surface area contributed by atoms with Crippen molar-refractivity contribution in [2.45, 2.75) is 12.5 Å². The zero-order valence-electron chi connectivity index (χ0n) is 11.2. The van der Waals surface area contributed by atoms with Crippen molar-refractivity contribution >= 4 is 45.0 Å². The number of hydrogen-bond acceptors (Lipinski definition) is 1. The summed E-state index contributed by atoms with van der Waals surface area (Å²) in [5.74, 6) is -0.181. The van der Waals surface area contributed by atoms with Crippen LogP contribution in [-0.4, -0.2) is 17.3 Å². The molecule has 1 amide bonds. The Kier molecular flexibility index (Phi) is 6.09. The van der Waals surface area contributed by atoms with Crippen molar-refractivity contribution in [3.8, 4) is 0 Å². The van der Waals surface area contributed by atoms with E-state index in [9.17, 15) is 4.79 Å². The molecule has 1 atom stereocenters. The minimum absolute atomic E-state index is 0.00217. The van der Waals surface area contributed by atoms with Crippen LogP contribution >= 0.6 is 39.1 Å². The zero-order chi connectivity index (χ0) is 15.2. The van der Waals surface area contributed by atoms with Crippen LogP contribution in [0.2, 0.25) is 10.0 Å². The van der Waals surface area contributed by atoms with Crippen LogP contribution in [0.25, 0.3) is 0 Å². The number of benzene rings is 2. The Balaban J connectivity index is 2.05. The van der Waals surface area contributed by atoms with Gasteiger partial charge >= 0.3 is 0 Å². The smallest absolute Gasteiger partial charge is 0.251 e. The molecule has 21 heavy (non-hydrogen) atoms. The summed E-state index contributed by atoms with van der Waals surface area (Å²) >= 11 is 15.3. The number of halogens is 3. The molecular weight excluding hydrogens is 373 g/mol. The van der Waals surface area contributed by atoms with Gasteiger partial charge in [-0.05, 0) is 30.2 Å². The third kappa shape index (κ3) is 5.03. The molecule has 0 bridgehead atoms. The zero-order valence-corrected chi connectivity index (χ0v) is 14.3. The Morgan fingerprint density at radius 2 is 1.71 bits per heavy atom. The molecule has 0 saturated carbocycles. The van der Waals surface area contributed by atoms with Crippen molar-refractivity contribution in [3.05, 3.63) is 69.7 Å². The Hall–Kier alpha value is -1.03. The number of carbonyl (C=O) groups excluding carboxylic acids is 1. The normalized spacial score (nSPS) is 12.0. The van der Waals surface area contributed by atoms with E-state index in [4.69, 9.17) is 23.2 Å². The van der Waals surface area contributed by atoms with Gasteiger partial charge in [0.1, 0.15) is 0 Å². The van der Waals surface area contributed by atoms with Gasteiger partial charge < -0.3 is 5.32 Å². The molecule has 0 aliphatic rings. The average Bonchev–Trinajstić information content (AvgIpc) is 2.46. The van der Waals surface area contributed by atoms with Crippen LogP contribution in [0.5, 0.6) is 0 Å². The summed E-state index contributed by atoms with van der Waals surface area (Å²) in [6.07, 6.45) is 0.756. The fourth-order valence-corrected chi connectivity index (χ4v) is 2.91. The molecule has 2 aromatic carbocycles. The van der Waals surface area contributed by atoms with E-state index in [0.717, 1.165) is 6.42 Å². The Labute approximate surface area is 142 Å². The number of amides is 1. The lowest BCUT2D eigenvalue weighted by Gasteiger charge is -2.16. The number of carbonyl (C=O) groups is 1. The van der Waals surface area contributed by atoms with Crippen molar-refractivity contribution < 1.29 is 4.79 Å². The molecule has 0 saturated heterocycles. The second kappa shape index (κ2) is 7.83. The fourth-order valence-electron chi connectivity index (χ4n) is 2.00. The maximum Gasteiger partial charge on any atom is 0.251 e. The summed E-state index contributed by atoms with van der Waals surface area (Å²) < 4.78 is 0. The number of hydrogen-bond donors (Lipinski definition) is 1. The number of nitrogens with one attached hydrogen (secondary N) is 1. The molecule has 1 unspecified atom stereocenters. The molecule has 2 aromatic rings. The van der Waals surface area contributed by atoms with Crippen LogP contribution in [-0.2, 0) is 6.42 Å². The third-order valence-corrected chi connectivity index (χ3v) is 4.19. The first kappa shape index (κ1) is 16.3. The van der Waals surface area contributed by atoms with Gasteiger partial charge in [0.25, 0.3) is 5.91 Å². The highest BCUT2D eigenvalue weighted by atomic mass is 79.9. The standard InChI is InChI=1S/C16H14BrCl2NO/c17-10-15(6-11-4-2-1-3-5-11)20-16(21)12-7-13(18)9-14(19)8-12/h1-5,7-9,15H,6,10H2,(H,20,21). The van der Waals surface area contributed by atoms with Gasteiger partial charge in [0, 0.05) is 27.0 Å². The molecule has 0 aromatic heterocycles. The summed E-state index contributed by atoms with van der Waals surface area (Å²) in [6.45, 7) is 0. The highest BCUT2D eigenvalue weighted by molar-refractivity contribution is 9.09. The van der Waals surface area contributed by atoms with Gasteiger partial charge in [-0.1, -0.05) is 69.5 Å². The van der Waals surface area contributed by atoms with Crippen LogP contribution in [0, 0.1) is 0 Å². The fraction of sp³-hybridized carbons (Fsp3) is 0.188. The van der Waals surface area contributed by atoms with E-state index < -0.39 is 0 Å².